The molecule has 57 heavy (non-hydrogen) atoms. The fraction of sp³-hybridized carbons (Fsp3) is 0.825. The minimum Gasteiger partial charge on any atom is -0.462 e. The highest BCUT2D eigenvalue weighted by atomic mass is 16.7. The first-order valence-corrected chi connectivity index (χ1v) is 19.9. The van der Waals surface area contributed by atoms with Gasteiger partial charge >= 0.3 is 17.9 Å². The summed E-state index contributed by atoms with van der Waals surface area (Å²) in [5.74, 6) is -3.45. The average Bonchev–Trinajstić information content (AvgIpc) is 3.86. The summed E-state index contributed by atoms with van der Waals surface area (Å²) in [4.78, 5) is 65.2. The number of esters is 3. The Bertz CT molecular complexity index is 1420. The highest BCUT2D eigenvalue weighted by Gasteiger charge is 2.53. The summed E-state index contributed by atoms with van der Waals surface area (Å²) in [7, 11) is 4.81. The van der Waals surface area contributed by atoms with E-state index >= 15 is 0 Å². The van der Waals surface area contributed by atoms with E-state index in [2.05, 4.69) is 0 Å². The van der Waals surface area contributed by atoms with Gasteiger partial charge in [0.25, 0.3) is 0 Å². The third-order valence-electron chi connectivity index (χ3n) is 11.1. The number of aliphatic hydroxyl groups excluding tert-OH is 1. The number of ketones is 1. The van der Waals surface area contributed by atoms with E-state index in [-0.39, 0.29) is 43.7 Å². The van der Waals surface area contributed by atoms with Crippen molar-refractivity contribution in [2.45, 2.75) is 178 Å². The van der Waals surface area contributed by atoms with Crippen molar-refractivity contribution in [3.05, 3.63) is 12.2 Å². The number of carbonyl (C=O) groups excluding carboxylic acids is 5. The molecule has 0 bridgehead atoms. The summed E-state index contributed by atoms with van der Waals surface area (Å²) in [6.45, 7) is 11.2. The molecule has 0 aliphatic carbocycles. The molecule has 4 rings (SSSR count). The molecule has 0 aromatic heterocycles. The van der Waals surface area contributed by atoms with E-state index < -0.39 is 115 Å². The van der Waals surface area contributed by atoms with Crippen LogP contribution in [0, 0.1) is 11.8 Å². The standard InChI is InChI=1S/C40H63NO16/c1-11-30(45)55-38-23(5)51-32(19-40(38,7)48)56-35-22(4)52-39(34(47)33(35)41(8)9)57-36-25(14-15-42)16-20(2)26(44)12-13-27-28(54-27)17-21(3)50-31(46)18-29(37(36)49-10)53-24(6)43/h12-13,15,20-23,25,27-29,32-39,47-48H,11,14,16-19H2,1-10H3/b13-12+/t20-,21+,22-,23+,25-,27+,28+,29+,32-,33+,34+,35-,36-,37-,38+,39-,40-/m1/s1. The zero-order valence-corrected chi connectivity index (χ0v) is 34.8. The molecule has 4 aliphatic heterocycles. The van der Waals surface area contributed by atoms with Crippen molar-refractivity contribution in [3.8, 4) is 0 Å². The van der Waals surface area contributed by atoms with Gasteiger partial charge in [-0.1, -0.05) is 13.8 Å². The van der Waals surface area contributed by atoms with Crippen molar-refractivity contribution >= 4 is 30.0 Å². The molecule has 3 saturated heterocycles. The van der Waals surface area contributed by atoms with Crippen LogP contribution in [-0.2, 0) is 66.6 Å². The number of likely N-dealkylation sites (N-methyl/N-ethyl adjacent to an activating group) is 1. The van der Waals surface area contributed by atoms with Crippen molar-refractivity contribution in [2.75, 3.05) is 21.2 Å². The molecule has 0 aromatic carbocycles. The zero-order valence-electron chi connectivity index (χ0n) is 34.8. The Morgan fingerprint density at radius 3 is 2.30 bits per heavy atom. The van der Waals surface area contributed by atoms with Gasteiger partial charge in [0.05, 0.1) is 36.9 Å². The molecular formula is C40H63NO16. The van der Waals surface area contributed by atoms with E-state index in [1.165, 1.54) is 20.1 Å². The lowest BCUT2D eigenvalue weighted by molar-refractivity contribution is -0.344. The first-order chi connectivity index (χ1) is 26.8. The molecule has 3 fully saturated rings. The lowest BCUT2D eigenvalue weighted by Gasteiger charge is -2.50. The van der Waals surface area contributed by atoms with Gasteiger partial charge in [-0.05, 0) is 66.3 Å². The number of nitrogens with zero attached hydrogens (tertiary/aromatic N) is 1. The number of epoxide rings is 1. The monoisotopic (exact) mass is 813 g/mol. The maximum atomic E-state index is 13.4. The molecule has 17 atom stereocenters. The molecule has 4 aliphatic rings. The number of carbonyl (C=O) groups is 5. The summed E-state index contributed by atoms with van der Waals surface area (Å²) in [6, 6.07) is -0.796. The molecule has 0 aromatic rings. The summed E-state index contributed by atoms with van der Waals surface area (Å²) < 4.78 is 53.9. The van der Waals surface area contributed by atoms with Gasteiger partial charge in [-0.15, -0.1) is 0 Å². The van der Waals surface area contributed by atoms with Crippen molar-refractivity contribution in [1.82, 2.24) is 4.90 Å². The van der Waals surface area contributed by atoms with Crippen LogP contribution in [0.25, 0.3) is 0 Å². The van der Waals surface area contributed by atoms with Crippen LogP contribution in [0.3, 0.4) is 0 Å². The van der Waals surface area contributed by atoms with Gasteiger partial charge in [0.1, 0.15) is 48.5 Å². The average molecular weight is 814 g/mol. The lowest BCUT2D eigenvalue weighted by atomic mass is 9.83. The van der Waals surface area contributed by atoms with Crippen LogP contribution in [0.4, 0.5) is 0 Å². The second kappa shape index (κ2) is 20.4. The van der Waals surface area contributed by atoms with Gasteiger partial charge in [-0.3, -0.25) is 19.2 Å². The van der Waals surface area contributed by atoms with Crippen LogP contribution in [0.15, 0.2) is 12.2 Å². The number of hydrogen-bond acceptors (Lipinski definition) is 17. The highest BCUT2D eigenvalue weighted by Crippen LogP contribution is 2.38. The quantitative estimate of drug-likeness (QED) is 0.132. The van der Waals surface area contributed by atoms with Gasteiger partial charge in [0, 0.05) is 45.6 Å². The molecule has 17 heteroatoms. The van der Waals surface area contributed by atoms with Crippen LogP contribution in [-0.4, -0.2) is 158 Å². The van der Waals surface area contributed by atoms with Crippen LogP contribution in [0.5, 0.6) is 0 Å². The van der Waals surface area contributed by atoms with Crippen LogP contribution < -0.4 is 0 Å². The minimum atomic E-state index is -1.50. The molecule has 0 unspecified atom stereocenters. The van der Waals surface area contributed by atoms with E-state index in [9.17, 15) is 34.2 Å². The topological polar surface area (TPSA) is 215 Å². The van der Waals surface area contributed by atoms with Crippen LogP contribution >= 0.6 is 0 Å². The Hall–Kier alpha value is -2.87. The minimum absolute atomic E-state index is 0.0531. The summed E-state index contributed by atoms with van der Waals surface area (Å²) in [5.41, 5.74) is -1.50. The van der Waals surface area contributed by atoms with Crippen LogP contribution in [0.1, 0.15) is 87.0 Å². The van der Waals surface area contributed by atoms with E-state index in [0.29, 0.717) is 12.7 Å². The van der Waals surface area contributed by atoms with Crippen molar-refractivity contribution in [3.63, 3.8) is 0 Å². The number of hydrogen-bond donors (Lipinski definition) is 2. The predicted octanol–water partition coefficient (Wildman–Crippen LogP) is 1.80. The Morgan fingerprint density at radius 1 is 1.00 bits per heavy atom. The molecule has 324 valence electrons. The SMILES string of the molecule is CCC(=O)O[C@H]1[C@H](C)O[C@H](O[C@H]2[C@@H](N(C)C)[C@H](O)[C@@H](O[C@@H]3[C@H](CC=O)C[C@@H](C)C(=O)/C=C/[C@@H]4O[C@H]4C[C@H](C)OC(=O)C[C@H](OC(C)=O)[C@H]3OC)O[C@@H]2C)C[C@@]1(C)O. The Labute approximate surface area is 334 Å². The lowest BCUT2D eigenvalue weighted by Crippen LogP contribution is -2.66. The molecule has 17 nitrogen and oxygen atoms in total. The van der Waals surface area contributed by atoms with Gasteiger partial charge in [-0.2, -0.15) is 0 Å². The normalized spacial score (nSPS) is 42.7. The predicted molar refractivity (Wildman–Crippen MR) is 199 cm³/mol. The number of ether oxygens (including phenoxy) is 9. The van der Waals surface area contributed by atoms with Crippen molar-refractivity contribution in [1.29, 1.82) is 0 Å². The third-order valence-corrected chi connectivity index (χ3v) is 11.1. The number of aliphatic hydroxyl groups is 2. The number of cyclic esters (lactones) is 1. The number of methoxy groups -OCH3 is 1. The zero-order chi connectivity index (χ0) is 42.4. The number of fused-ring (bicyclic) bond motifs is 1. The summed E-state index contributed by atoms with van der Waals surface area (Å²) in [6.07, 6.45) is -8.00. The maximum Gasteiger partial charge on any atom is 0.309 e. The Balaban J connectivity index is 1.66. The highest BCUT2D eigenvalue weighted by molar-refractivity contribution is 5.91. The summed E-state index contributed by atoms with van der Waals surface area (Å²) >= 11 is 0. The molecule has 0 saturated carbocycles. The summed E-state index contributed by atoms with van der Waals surface area (Å²) in [5, 5.41) is 23.4. The van der Waals surface area contributed by atoms with E-state index in [0.717, 1.165) is 0 Å². The van der Waals surface area contributed by atoms with Gasteiger partial charge in [0.2, 0.25) is 0 Å². The number of allylic oxidation sites excluding steroid dienone is 1. The van der Waals surface area contributed by atoms with Gasteiger partial charge < -0.3 is 62.5 Å². The van der Waals surface area contributed by atoms with Crippen molar-refractivity contribution < 1.29 is 76.8 Å². The first kappa shape index (κ1) is 46.8. The third kappa shape index (κ3) is 12.3. The van der Waals surface area contributed by atoms with E-state index in [1.54, 1.807) is 66.6 Å². The maximum absolute atomic E-state index is 13.4. The van der Waals surface area contributed by atoms with Crippen LogP contribution in [0.2, 0.25) is 0 Å². The molecule has 4 heterocycles. The fourth-order valence-corrected chi connectivity index (χ4v) is 8.21. The van der Waals surface area contributed by atoms with E-state index in [1.807, 2.05) is 0 Å². The molecule has 0 amide bonds. The smallest absolute Gasteiger partial charge is 0.309 e. The molecule has 2 N–H and O–H groups in total. The Morgan fingerprint density at radius 2 is 1.70 bits per heavy atom. The number of aldehydes is 1. The van der Waals surface area contributed by atoms with Crippen molar-refractivity contribution in [2.24, 2.45) is 11.8 Å². The second-order valence-corrected chi connectivity index (χ2v) is 16.2. The molecular weight excluding hydrogens is 750 g/mol. The van der Waals surface area contributed by atoms with Gasteiger partial charge in [0.15, 0.2) is 24.5 Å². The fourth-order valence-electron chi connectivity index (χ4n) is 8.21. The largest absolute Gasteiger partial charge is 0.462 e. The second-order valence-electron chi connectivity index (χ2n) is 16.2. The van der Waals surface area contributed by atoms with E-state index in [4.69, 9.17) is 42.6 Å². The number of rotatable bonds is 11. The molecule has 0 spiro atoms. The molecule has 0 radical (unpaired) electrons. The Kier molecular flexibility index (Phi) is 16.8. The van der Waals surface area contributed by atoms with Gasteiger partial charge in [-0.25, -0.2) is 0 Å². The first-order valence-electron chi connectivity index (χ1n) is 19.9.